The Morgan fingerprint density at radius 3 is 2.57 bits per heavy atom. The number of hydrazone groups is 1. The maximum absolute atomic E-state index is 12.4. The molecular weight excluding hydrogens is 278 g/mol. The standard InChI is InChI=1S/C13H21N3O5/c1-15-11(17)5-4-10(14-15)13(19)16(8-9-20-2)7-6-12(18)21-3/h4-9H2,1-3H3. The van der Waals surface area contributed by atoms with Crippen molar-refractivity contribution in [3.05, 3.63) is 0 Å². The number of carbonyl (C=O) groups excluding carboxylic acids is 3. The van der Waals surface area contributed by atoms with Crippen molar-refractivity contribution in [2.75, 3.05) is 41.0 Å². The molecule has 0 aromatic heterocycles. The van der Waals surface area contributed by atoms with Crippen LogP contribution in [-0.4, -0.2) is 74.4 Å². The first-order chi connectivity index (χ1) is 9.99. The Balaban J connectivity index is 2.72. The predicted molar refractivity (Wildman–Crippen MR) is 74.5 cm³/mol. The van der Waals surface area contributed by atoms with Crippen LogP contribution in [0.25, 0.3) is 0 Å². The summed E-state index contributed by atoms with van der Waals surface area (Å²) in [5.74, 6) is -0.789. The van der Waals surface area contributed by atoms with Crippen LogP contribution in [0.2, 0.25) is 0 Å². The summed E-state index contributed by atoms with van der Waals surface area (Å²) >= 11 is 0. The van der Waals surface area contributed by atoms with Crippen LogP contribution < -0.4 is 0 Å². The fourth-order valence-electron chi connectivity index (χ4n) is 1.85. The molecule has 0 saturated heterocycles. The molecule has 0 fully saturated rings. The highest BCUT2D eigenvalue weighted by Crippen LogP contribution is 2.10. The average Bonchev–Trinajstić information content (AvgIpc) is 2.49. The summed E-state index contributed by atoms with van der Waals surface area (Å²) in [5, 5.41) is 5.16. The highest BCUT2D eigenvalue weighted by molar-refractivity contribution is 6.39. The number of methoxy groups -OCH3 is 2. The largest absolute Gasteiger partial charge is 0.469 e. The Morgan fingerprint density at radius 1 is 1.29 bits per heavy atom. The molecule has 0 aromatic rings. The molecule has 0 unspecified atom stereocenters. The van der Waals surface area contributed by atoms with Gasteiger partial charge >= 0.3 is 5.97 Å². The molecule has 21 heavy (non-hydrogen) atoms. The van der Waals surface area contributed by atoms with E-state index in [4.69, 9.17) is 4.74 Å². The molecule has 0 spiro atoms. The summed E-state index contributed by atoms with van der Waals surface area (Å²) in [6.07, 6.45) is 0.675. The molecule has 1 heterocycles. The average molecular weight is 299 g/mol. The van der Waals surface area contributed by atoms with Gasteiger partial charge in [-0.25, -0.2) is 5.01 Å². The van der Waals surface area contributed by atoms with Crippen LogP contribution >= 0.6 is 0 Å². The summed E-state index contributed by atoms with van der Waals surface area (Å²) in [4.78, 5) is 36.5. The molecule has 1 aliphatic rings. The van der Waals surface area contributed by atoms with Crippen LogP contribution in [0.3, 0.4) is 0 Å². The minimum Gasteiger partial charge on any atom is -0.469 e. The number of hydrogen-bond donors (Lipinski definition) is 0. The van der Waals surface area contributed by atoms with Gasteiger partial charge in [0, 0.05) is 40.1 Å². The molecule has 0 aromatic carbocycles. The van der Waals surface area contributed by atoms with Crippen molar-refractivity contribution in [2.24, 2.45) is 5.10 Å². The van der Waals surface area contributed by atoms with Crippen LogP contribution in [-0.2, 0) is 23.9 Å². The first-order valence-electron chi connectivity index (χ1n) is 6.68. The van der Waals surface area contributed by atoms with Crippen LogP contribution in [0.5, 0.6) is 0 Å². The highest BCUT2D eigenvalue weighted by atomic mass is 16.5. The van der Waals surface area contributed by atoms with Crippen LogP contribution in [0.1, 0.15) is 19.3 Å². The number of esters is 1. The van der Waals surface area contributed by atoms with E-state index in [1.54, 1.807) is 0 Å². The van der Waals surface area contributed by atoms with E-state index in [-0.39, 0.29) is 37.2 Å². The topological polar surface area (TPSA) is 88.5 Å². The summed E-state index contributed by atoms with van der Waals surface area (Å²) in [6, 6.07) is 0. The van der Waals surface area contributed by atoms with Gasteiger partial charge in [-0.1, -0.05) is 0 Å². The molecular formula is C13H21N3O5. The molecule has 8 nitrogen and oxygen atoms in total. The van der Waals surface area contributed by atoms with Crippen LogP contribution in [0.4, 0.5) is 0 Å². The van der Waals surface area contributed by atoms with Gasteiger partial charge in [-0.15, -0.1) is 0 Å². The number of rotatable bonds is 7. The molecule has 0 saturated carbocycles. The zero-order valence-corrected chi connectivity index (χ0v) is 12.6. The lowest BCUT2D eigenvalue weighted by atomic mass is 10.1. The minimum atomic E-state index is -0.386. The van der Waals surface area contributed by atoms with Crippen molar-refractivity contribution in [3.63, 3.8) is 0 Å². The van der Waals surface area contributed by atoms with Gasteiger partial charge in [-0.2, -0.15) is 5.10 Å². The zero-order valence-electron chi connectivity index (χ0n) is 12.6. The van der Waals surface area contributed by atoms with Gasteiger partial charge in [0.05, 0.1) is 20.1 Å². The van der Waals surface area contributed by atoms with E-state index in [1.165, 1.54) is 31.2 Å². The molecule has 0 bridgehead atoms. The number of ether oxygens (including phenoxy) is 2. The molecule has 1 aliphatic heterocycles. The van der Waals surface area contributed by atoms with Crippen molar-refractivity contribution in [3.8, 4) is 0 Å². The Kier molecular flexibility index (Phi) is 6.80. The van der Waals surface area contributed by atoms with E-state index >= 15 is 0 Å². The fourth-order valence-corrected chi connectivity index (χ4v) is 1.85. The number of amides is 2. The van der Waals surface area contributed by atoms with E-state index in [9.17, 15) is 14.4 Å². The Labute approximate surface area is 123 Å². The third-order valence-electron chi connectivity index (χ3n) is 3.12. The second-order valence-corrected chi connectivity index (χ2v) is 4.58. The highest BCUT2D eigenvalue weighted by Gasteiger charge is 2.26. The third kappa shape index (κ3) is 5.14. The van der Waals surface area contributed by atoms with E-state index < -0.39 is 0 Å². The predicted octanol–water partition coefficient (Wildman–Crippen LogP) is -0.367. The summed E-state index contributed by atoms with van der Waals surface area (Å²) in [5.41, 5.74) is 0.318. The number of hydrogen-bond acceptors (Lipinski definition) is 6. The van der Waals surface area contributed by atoms with E-state index in [2.05, 4.69) is 9.84 Å². The number of nitrogens with zero attached hydrogens (tertiary/aromatic N) is 3. The lowest BCUT2D eigenvalue weighted by molar-refractivity contribution is -0.141. The third-order valence-corrected chi connectivity index (χ3v) is 3.12. The molecule has 0 aliphatic carbocycles. The Hall–Kier alpha value is -1.96. The van der Waals surface area contributed by atoms with Crippen molar-refractivity contribution >= 4 is 23.5 Å². The van der Waals surface area contributed by atoms with E-state index in [0.29, 0.717) is 25.3 Å². The van der Waals surface area contributed by atoms with Crippen LogP contribution in [0.15, 0.2) is 5.10 Å². The first kappa shape index (κ1) is 17.1. The SMILES string of the molecule is COCCN(CCC(=O)OC)C(=O)C1=NN(C)C(=O)CC1. The lowest BCUT2D eigenvalue weighted by Gasteiger charge is -2.25. The number of carbonyl (C=O) groups is 3. The van der Waals surface area contributed by atoms with E-state index in [0.717, 1.165) is 0 Å². The zero-order chi connectivity index (χ0) is 15.8. The molecule has 0 atom stereocenters. The molecule has 0 N–H and O–H groups in total. The van der Waals surface area contributed by atoms with Gasteiger partial charge in [-0.05, 0) is 0 Å². The molecule has 8 heteroatoms. The van der Waals surface area contributed by atoms with Crippen molar-refractivity contribution in [2.45, 2.75) is 19.3 Å². The summed E-state index contributed by atoms with van der Waals surface area (Å²) < 4.78 is 9.54. The van der Waals surface area contributed by atoms with Gasteiger partial charge < -0.3 is 14.4 Å². The van der Waals surface area contributed by atoms with Gasteiger partial charge in [-0.3, -0.25) is 14.4 Å². The quantitative estimate of drug-likeness (QED) is 0.599. The van der Waals surface area contributed by atoms with Gasteiger partial charge in [0.2, 0.25) is 5.91 Å². The monoisotopic (exact) mass is 299 g/mol. The minimum absolute atomic E-state index is 0.105. The Morgan fingerprint density at radius 2 is 2.00 bits per heavy atom. The second-order valence-electron chi connectivity index (χ2n) is 4.58. The first-order valence-corrected chi connectivity index (χ1v) is 6.68. The summed E-state index contributed by atoms with van der Waals surface area (Å²) in [7, 11) is 4.35. The Bertz CT molecular complexity index is 436. The lowest BCUT2D eigenvalue weighted by Crippen LogP contribution is -2.43. The van der Waals surface area contributed by atoms with Crippen molar-refractivity contribution in [1.82, 2.24) is 9.91 Å². The van der Waals surface area contributed by atoms with E-state index in [1.807, 2.05) is 0 Å². The molecule has 2 amide bonds. The normalized spacial score (nSPS) is 14.7. The van der Waals surface area contributed by atoms with Crippen molar-refractivity contribution < 1.29 is 23.9 Å². The summed E-state index contributed by atoms with van der Waals surface area (Å²) in [6.45, 7) is 0.934. The van der Waals surface area contributed by atoms with Gasteiger partial charge in [0.25, 0.3) is 5.91 Å². The second kappa shape index (κ2) is 8.35. The molecule has 118 valence electrons. The molecule has 0 radical (unpaired) electrons. The maximum Gasteiger partial charge on any atom is 0.307 e. The smallest absolute Gasteiger partial charge is 0.307 e. The van der Waals surface area contributed by atoms with Gasteiger partial charge in [0.1, 0.15) is 5.71 Å². The van der Waals surface area contributed by atoms with Crippen LogP contribution in [0, 0.1) is 0 Å². The van der Waals surface area contributed by atoms with Gasteiger partial charge in [0.15, 0.2) is 0 Å². The van der Waals surface area contributed by atoms with Crippen molar-refractivity contribution in [1.29, 1.82) is 0 Å². The molecule has 1 rings (SSSR count). The maximum atomic E-state index is 12.4. The fraction of sp³-hybridized carbons (Fsp3) is 0.692.